The number of Topliss-reactive ketones (excluding diaryl/α,β-unsaturated/α-hetero) is 1. The molecule has 1 aliphatic rings. The number of rotatable bonds is 15. The van der Waals surface area contributed by atoms with E-state index < -0.39 is 6.10 Å². The van der Waals surface area contributed by atoms with E-state index in [1.54, 1.807) is 7.11 Å². The maximum atomic E-state index is 12.1. The van der Waals surface area contributed by atoms with E-state index in [2.05, 4.69) is 18.3 Å². The molecule has 0 spiro atoms. The summed E-state index contributed by atoms with van der Waals surface area (Å²) < 4.78 is 5.54. The third-order valence-electron chi connectivity index (χ3n) is 5.35. The zero-order valence-corrected chi connectivity index (χ0v) is 19.3. The summed E-state index contributed by atoms with van der Waals surface area (Å²) in [5.74, 6) is -0.151. The van der Waals surface area contributed by atoms with Crippen molar-refractivity contribution < 1.29 is 19.4 Å². The monoisotopic (exact) mass is 439 g/mol. The first-order chi connectivity index (χ1) is 14.5. The molecule has 1 aliphatic carbocycles. The van der Waals surface area contributed by atoms with E-state index in [9.17, 15) is 14.7 Å². The van der Waals surface area contributed by atoms with Gasteiger partial charge in [-0.2, -0.15) is 0 Å². The lowest BCUT2D eigenvalue weighted by Crippen LogP contribution is -2.28. The second kappa shape index (κ2) is 16.3. The van der Waals surface area contributed by atoms with Crippen LogP contribution in [0.5, 0.6) is 0 Å². The van der Waals surface area contributed by atoms with Crippen LogP contribution < -0.4 is 5.32 Å². The number of carbonyl (C=O) groups is 2. The van der Waals surface area contributed by atoms with Crippen molar-refractivity contribution in [2.24, 2.45) is 0 Å². The molecule has 1 rings (SSSR count). The van der Waals surface area contributed by atoms with Crippen molar-refractivity contribution in [1.29, 1.82) is 0 Å². The third-order valence-corrected chi connectivity index (χ3v) is 5.61. The Morgan fingerprint density at radius 2 is 2.10 bits per heavy atom. The quantitative estimate of drug-likeness (QED) is 0.279. The van der Waals surface area contributed by atoms with Gasteiger partial charge in [0.25, 0.3) is 0 Å². The summed E-state index contributed by atoms with van der Waals surface area (Å²) in [5, 5.41) is 12.5. The van der Waals surface area contributed by atoms with Crippen molar-refractivity contribution in [2.75, 3.05) is 13.7 Å². The van der Waals surface area contributed by atoms with E-state index in [4.69, 9.17) is 16.3 Å². The first-order valence-corrected chi connectivity index (χ1v) is 11.6. The molecule has 170 valence electrons. The number of allylic oxidation sites excluding steroid dienone is 1. The van der Waals surface area contributed by atoms with E-state index in [0.717, 1.165) is 12.8 Å². The van der Waals surface area contributed by atoms with Crippen LogP contribution in [-0.4, -0.2) is 42.7 Å². The Morgan fingerprint density at radius 1 is 1.33 bits per heavy atom. The van der Waals surface area contributed by atoms with Gasteiger partial charge in [0.05, 0.1) is 12.2 Å². The summed E-state index contributed by atoms with van der Waals surface area (Å²) in [6, 6.07) is 0. The molecule has 30 heavy (non-hydrogen) atoms. The van der Waals surface area contributed by atoms with Crippen molar-refractivity contribution >= 4 is 23.3 Å². The lowest BCUT2D eigenvalue weighted by Gasteiger charge is -2.18. The normalized spacial score (nSPS) is 18.5. The van der Waals surface area contributed by atoms with Crippen molar-refractivity contribution in [3.05, 3.63) is 34.9 Å². The van der Waals surface area contributed by atoms with Gasteiger partial charge in [0.15, 0.2) is 5.78 Å². The van der Waals surface area contributed by atoms with Crippen LogP contribution in [0.4, 0.5) is 0 Å². The van der Waals surface area contributed by atoms with Gasteiger partial charge in [-0.05, 0) is 37.3 Å². The minimum absolute atomic E-state index is 0.0533. The highest BCUT2D eigenvalue weighted by Gasteiger charge is 2.21. The molecule has 0 aliphatic heterocycles. The molecule has 0 fully saturated rings. The molecule has 0 radical (unpaired) electrons. The zero-order chi connectivity index (χ0) is 22.2. The van der Waals surface area contributed by atoms with E-state index in [1.807, 2.05) is 6.08 Å². The van der Waals surface area contributed by atoms with Gasteiger partial charge < -0.3 is 15.2 Å². The molecule has 0 bridgehead atoms. The maximum Gasteiger partial charge on any atom is 0.220 e. The van der Waals surface area contributed by atoms with E-state index in [0.29, 0.717) is 36.8 Å². The highest BCUT2D eigenvalue weighted by molar-refractivity contribution is 6.26. The first-order valence-electron chi connectivity index (χ1n) is 11.2. The molecule has 0 saturated heterocycles. The number of methoxy groups -OCH3 is 1. The average molecular weight is 440 g/mol. The predicted octanol–water partition coefficient (Wildman–Crippen LogP) is 4.98. The maximum absolute atomic E-state index is 12.1. The minimum atomic E-state index is -0.641. The largest absolute Gasteiger partial charge is 0.389 e. The molecular formula is C24H38ClNO4. The van der Waals surface area contributed by atoms with Gasteiger partial charge >= 0.3 is 0 Å². The first kappa shape index (κ1) is 26.6. The molecule has 0 aromatic carbocycles. The second-order valence-electron chi connectivity index (χ2n) is 7.83. The van der Waals surface area contributed by atoms with Crippen LogP contribution in [0.15, 0.2) is 34.9 Å². The summed E-state index contributed by atoms with van der Waals surface area (Å²) in [7, 11) is 1.76. The van der Waals surface area contributed by atoms with Crippen molar-refractivity contribution in [2.45, 2.75) is 89.8 Å². The standard InChI is InChI=1S/C24H38ClNO4/c1-3-4-5-6-8-11-21(30-2)12-9-7-10-13-24(29)26-18-19(17-25)22-16-20(27)14-15-23(22)28/h7,9,16-17,20-21,27H,3-6,8,10-15,18H2,1-2H3,(H,26,29). The highest BCUT2D eigenvalue weighted by atomic mass is 35.5. The third kappa shape index (κ3) is 11.1. The van der Waals surface area contributed by atoms with Crippen molar-refractivity contribution in [1.82, 2.24) is 5.32 Å². The lowest BCUT2D eigenvalue weighted by molar-refractivity contribution is -0.121. The fourth-order valence-electron chi connectivity index (χ4n) is 3.43. The molecule has 1 amide bonds. The van der Waals surface area contributed by atoms with Crippen LogP contribution >= 0.6 is 11.6 Å². The van der Waals surface area contributed by atoms with E-state index in [-0.39, 0.29) is 24.3 Å². The Morgan fingerprint density at radius 3 is 2.80 bits per heavy atom. The fourth-order valence-corrected chi connectivity index (χ4v) is 3.63. The summed E-state index contributed by atoms with van der Waals surface area (Å²) in [5.41, 5.74) is 2.24. The van der Waals surface area contributed by atoms with Crippen LogP contribution in [-0.2, 0) is 14.3 Å². The van der Waals surface area contributed by atoms with Crippen molar-refractivity contribution in [3.8, 4) is 0 Å². The topological polar surface area (TPSA) is 75.6 Å². The Labute approximate surface area is 186 Å². The number of aliphatic hydroxyl groups excluding tert-OH is 1. The van der Waals surface area contributed by atoms with Gasteiger partial charge in [0.2, 0.25) is 5.91 Å². The molecule has 5 nitrogen and oxygen atoms in total. The Kier molecular flexibility index (Phi) is 14.4. The van der Waals surface area contributed by atoms with Gasteiger partial charge in [-0.1, -0.05) is 62.8 Å². The Hall–Kier alpha value is -1.43. The average Bonchev–Trinajstić information content (AvgIpc) is 2.74. The summed E-state index contributed by atoms with van der Waals surface area (Å²) in [6.07, 6.45) is 15.2. The number of carbonyl (C=O) groups excluding carboxylic acids is 2. The molecule has 0 heterocycles. The number of amides is 1. The predicted molar refractivity (Wildman–Crippen MR) is 122 cm³/mol. The molecule has 0 aromatic rings. The molecule has 6 heteroatoms. The summed E-state index contributed by atoms with van der Waals surface area (Å²) >= 11 is 5.84. The molecule has 0 aromatic heterocycles. The van der Waals surface area contributed by atoms with Gasteiger partial charge in [-0.3, -0.25) is 9.59 Å². The van der Waals surface area contributed by atoms with Gasteiger partial charge in [-0.15, -0.1) is 0 Å². The fraction of sp³-hybridized carbons (Fsp3) is 0.667. The molecule has 2 atom stereocenters. The van der Waals surface area contributed by atoms with Crippen molar-refractivity contribution in [3.63, 3.8) is 0 Å². The Bertz CT molecular complexity index is 612. The van der Waals surface area contributed by atoms with Crippen LogP contribution in [0.2, 0.25) is 0 Å². The van der Waals surface area contributed by atoms with Crippen LogP contribution in [0, 0.1) is 0 Å². The summed E-state index contributed by atoms with van der Waals surface area (Å²) in [4.78, 5) is 24.1. The highest BCUT2D eigenvalue weighted by Crippen LogP contribution is 2.21. The van der Waals surface area contributed by atoms with E-state index in [1.165, 1.54) is 43.7 Å². The molecule has 0 saturated carbocycles. The van der Waals surface area contributed by atoms with Crippen LogP contribution in [0.1, 0.15) is 77.6 Å². The number of ether oxygens (including phenoxy) is 1. The number of aliphatic hydroxyl groups is 1. The molecular weight excluding hydrogens is 402 g/mol. The lowest BCUT2D eigenvalue weighted by atomic mass is 9.91. The van der Waals surface area contributed by atoms with Gasteiger partial charge in [0, 0.05) is 37.6 Å². The van der Waals surface area contributed by atoms with E-state index >= 15 is 0 Å². The SMILES string of the molecule is CCCCCCCC(CC=CCCC(=O)NCC(=CCl)C1=CC(O)CCC1=O)OC. The number of nitrogens with one attached hydrogen (secondary N) is 1. The minimum Gasteiger partial charge on any atom is -0.389 e. The second-order valence-corrected chi connectivity index (χ2v) is 8.05. The number of hydrogen-bond acceptors (Lipinski definition) is 4. The van der Waals surface area contributed by atoms with Gasteiger partial charge in [0.1, 0.15) is 0 Å². The number of hydrogen-bond donors (Lipinski definition) is 2. The number of unbranched alkanes of at least 4 members (excludes halogenated alkanes) is 4. The molecule has 2 N–H and O–H groups in total. The number of halogens is 1. The Balaban J connectivity index is 2.26. The van der Waals surface area contributed by atoms with Gasteiger partial charge in [-0.25, -0.2) is 0 Å². The molecule has 2 unspecified atom stereocenters. The zero-order valence-electron chi connectivity index (χ0n) is 18.5. The van der Waals surface area contributed by atoms with Crippen LogP contribution in [0.3, 0.4) is 0 Å². The smallest absolute Gasteiger partial charge is 0.220 e. The van der Waals surface area contributed by atoms with Crippen LogP contribution in [0.25, 0.3) is 0 Å². The summed E-state index contributed by atoms with van der Waals surface area (Å²) in [6.45, 7) is 2.40. The number of ketones is 1.